The summed E-state index contributed by atoms with van der Waals surface area (Å²) in [7, 11) is 1.59. The van der Waals surface area contributed by atoms with Crippen LogP contribution in [0.25, 0.3) is 0 Å². The second-order valence-corrected chi connectivity index (χ2v) is 6.15. The number of methoxy groups -OCH3 is 1. The summed E-state index contributed by atoms with van der Waals surface area (Å²) < 4.78 is 5.49. The average Bonchev–Trinajstić information content (AvgIpc) is 2.89. The zero-order valence-corrected chi connectivity index (χ0v) is 14.8. The Balaban J connectivity index is 1.69. The van der Waals surface area contributed by atoms with Crippen LogP contribution in [0.4, 0.5) is 5.82 Å². The van der Waals surface area contributed by atoms with Gasteiger partial charge < -0.3 is 14.5 Å². The molecule has 1 saturated heterocycles. The van der Waals surface area contributed by atoms with Crippen LogP contribution in [0.3, 0.4) is 0 Å². The lowest BCUT2D eigenvalue weighted by Gasteiger charge is -2.26. The van der Waals surface area contributed by atoms with Crippen molar-refractivity contribution in [3.05, 3.63) is 54.0 Å². The molecular weight excluding hydrogens is 316 g/mol. The highest BCUT2D eigenvalue weighted by Crippen LogP contribution is 2.21. The Hall–Kier alpha value is -2.47. The van der Waals surface area contributed by atoms with Crippen LogP contribution in [0.15, 0.2) is 42.6 Å². The molecule has 1 aromatic carbocycles. The van der Waals surface area contributed by atoms with E-state index in [4.69, 9.17) is 4.74 Å². The van der Waals surface area contributed by atoms with Crippen molar-refractivity contribution >= 4 is 11.7 Å². The fourth-order valence-corrected chi connectivity index (χ4v) is 3.16. The first-order chi connectivity index (χ1) is 12.2. The van der Waals surface area contributed by atoms with Crippen molar-refractivity contribution in [1.29, 1.82) is 0 Å². The van der Waals surface area contributed by atoms with Crippen LogP contribution in [0.2, 0.25) is 0 Å². The van der Waals surface area contributed by atoms with E-state index >= 15 is 0 Å². The van der Waals surface area contributed by atoms with Crippen molar-refractivity contribution < 1.29 is 9.53 Å². The Morgan fingerprint density at radius 2 is 1.92 bits per heavy atom. The summed E-state index contributed by atoms with van der Waals surface area (Å²) in [4.78, 5) is 25.7. The average molecular weight is 340 g/mol. The van der Waals surface area contributed by atoms with E-state index in [1.165, 1.54) is 0 Å². The molecule has 1 aliphatic rings. The van der Waals surface area contributed by atoms with E-state index in [0.717, 1.165) is 43.3 Å². The summed E-state index contributed by atoms with van der Waals surface area (Å²) in [5, 5.41) is 0. The van der Waals surface area contributed by atoms with Crippen molar-refractivity contribution in [2.75, 3.05) is 38.2 Å². The lowest BCUT2D eigenvalue weighted by Crippen LogP contribution is -2.38. The van der Waals surface area contributed by atoms with Gasteiger partial charge >= 0.3 is 0 Å². The summed E-state index contributed by atoms with van der Waals surface area (Å²) in [5.74, 6) is 1.71. The minimum absolute atomic E-state index is 0.0226. The van der Waals surface area contributed by atoms with E-state index in [0.29, 0.717) is 6.54 Å². The molecule has 0 spiro atoms. The number of hydrogen-bond acceptors (Lipinski definition) is 5. The number of amides is 1. The predicted octanol–water partition coefficient (Wildman–Crippen LogP) is 2.21. The fourth-order valence-electron chi connectivity index (χ4n) is 3.16. The molecule has 0 aliphatic carbocycles. The van der Waals surface area contributed by atoms with Crippen molar-refractivity contribution in [2.45, 2.75) is 19.4 Å². The molecule has 6 heteroatoms. The predicted molar refractivity (Wildman–Crippen MR) is 96.4 cm³/mol. The minimum atomic E-state index is -0.547. The normalized spacial score (nSPS) is 16.4. The molecule has 1 atom stereocenters. The van der Waals surface area contributed by atoms with Crippen molar-refractivity contribution in [3.8, 4) is 0 Å². The first-order valence-electron chi connectivity index (χ1n) is 8.60. The molecule has 0 unspecified atom stereocenters. The Morgan fingerprint density at radius 3 is 2.64 bits per heavy atom. The summed E-state index contributed by atoms with van der Waals surface area (Å²) >= 11 is 0. The monoisotopic (exact) mass is 340 g/mol. The molecule has 2 heterocycles. The lowest BCUT2D eigenvalue weighted by molar-refractivity contribution is -0.142. The Morgan fingerprint density at radius 1 is 1.12 bits per heavy atom. The second kappa shape index (κ2) is 8.07. The highest BCUT2D eigenvalue weighted by molar-refractivity contribution is 5.82. The van der Waals surface area contributed by atoms with Gasteiger partial charge in [-0.2, -0.15) is 0 Å². The van der Waals surface area contributed by atoms with E-state index in [1.807, 2.05) is 48.2 Å². The quantitative estimate of drug-likeness (QED) is 0.854. The Kier molecular flexibility index (Phi) is 5.60. The number of benzene rings is 1. The van der Waals surface area contributed by atoms with Crippen molar-refractivity contribution in [3.63, 3.8) is 0 Å². The molecule has 1 amide bonds. The number of aryl methyl sites for hydroxylation is 1. The maximum atomic E-state index is 12.9. The van der Waals surface area contributed by atoms with Gasteiger partial charge in [-0.1, -0.05) is 30.3 Å². The van der Waals surface area contributed by atoms with Gasteiger partial charge in [-0.05, 0) is 25.0 Å². The summed E-state index contributed by atoms with van der Waals surface area (Å²) in [6.45, 7) is 4.91. The SMILES string of the molecule is CO[C@@H](C(=O)N1CCCN(c2ccnc(C)n2)CC1)c1ccccc1. The summed E-state index contributed by atoms with van der Waals surface area (Å²) in [5.41, 5.74) is 0.891. The topological polar surface area (TPSA) is 58.6 Å². The van der Waals surface area contributed by atoms with E-state index in [1.54, 1.807) is 13.3 Å². The zero-order valence-electron chi connectivity index (χ0n) is 14.8. The third-order valence-electron chi connectivity index (χ3n) is 4.46. The first-order valence-corrected chi connectivity index (χ1v) is 8.60. The number of anilines is 1. The van der Waals surface area contributed by atoms with Crippen LogP contribution in [-0.4, -0.2) is 54.1 Å². The number of carbonyl (C=O) groups excluding carboxylic acids is 1. The second-order valence-electron chi connectivity index (χ2n) is 6.15. The number of aromatic nitrogens is 2. The molecular formula is C19H24N4O2. The number of rotatable bonds is 4. The van der Waals surface area contributed by atoms with Crippen LogP contribution < -0.4 is 4.90 Å². The van der Waals surface area contributed by atoms with E-state index in [9.17, 15) is 4.79 Å². The number of ether oxygens (including phenoxy) is 1. The van der Waals surface area contributed by atoms with E-state index in [-0.39, 0.29) is 5.91 Å². The number of hydrogen-bond donors (Lipinski definition) is 0. The maximum Gasteiger partial charge on any atom is 0.256 e. The highest BCUT2D eigenvalue weighted by Gasteiger charge is 2.27. The van der Waals surface area contributed by atoms with Crippen LogP contribution in [0.5, 0.6) is 0 Å². The molecule has 0 saturated carbocycles. The minimum Gasteiger partial charge on any atom is -0.367 e. The zero-order chi connectivity index (χ0) is 17.6. The van der Waals surface area contributed by atoms with Crippen LogP contribution in [-0.2, 0) is 9.53 Å². The molecule has 0 N–H and O–H groups in total. The van der Waals surface area contributed by atoms with Gasteiger partial charge in [0.1, 0.15) is 11.6 Å². The number of carbonyl (C=O) groups is 1. The van der Waals surface area contributed by atoms with E-state index in [2.05, 4.69) is 14.9 Å². The van der Waals surface area contributed by atoms with Gasteiger partial charge in [0.15, 0.2) is 6.10 Å². The van der Waals surface area contributed by atoms with Gasteiger partial charge in [-0.25, -0.2) is 9.97 Å². The molecule has 2 aromatic rings. The summed E-state index contributed by atoms with van der Waals surface area (Å²) in [6.07, 6.45) is 2.14. The molecule has 1 aromatic heterocycles. The fraction of sp³-hybridized carbons (Fsp3) is 0.421. The maximum absolute atomic E-state index is 12.9. The molecule has 1 aliphatic heterocycles. The van der Waals surface area contributed by atoms with E-state index < -0.39 is 6.10 Å². The number of nitrogens with zero attached hydrogens (tertiary/aromatic N) is 4. The van der Waals surface area contributed by atoms with Gasteiger partial charge in [0.25, 0.3) is 5.91 Å². The van der Waals surface area contributed by atoms with Crippen molar-refractivity contribution in [2.24, 2.45) is 0 Å². The van der Waals surface area contributed by atoms with Gasteiger partial charge in [-0.3, -0.25) is 4.79 Å². The standard InChI is InChI=1S/C19H24N4O2/c1-15-20-10-9-17(21-15)22-11-6-12-23(14-13-22)19(24)18(25-2)16-7-4-3-5-8-16/h3-5,7-10,18H,6,11-14H2,1-2H3/t18-/m1/s1. The van der Waals surface area contributed by atoms with Crippen molar-refractivity contribution in [1.82, 2.24) is 14.9 Å². The van der Waals surface area contributed by atoms with Crippen LogP contribution in [0, 0.1) is 6.92 Å². The molecule has 1 fully saturated rings. The first kappa shape index (κ1) is 17.4. The third-order valence-corrected chi connectivity index (χ3v) is 4.46. The smallest absolute Gasteiger partial charge is 0.256 e. The molecule has 3 rings (SSSR count). The van der Waals surface area contributed by atoms with Gasteiger partial charge in [0.2, 0.25) is 0 Å². The molecule has 25 heavy (non-hydrogen) atoms. The molecule has 0 bridgehead atoms. The molecule has 6 nitrogen and oxygen atoms in total. The van der Waals surface area contributed by atoms with Crippen LogP contribution >= 0.6 is 0 Å². The Bertz CT molecular complexity index is 708. The third kappa shape index (κ3) is 4.14. The van der Waals surface area contributed by atoms with Gasteiger partial charge in [0.05, 0.1) is 0 Å². The van der Waals surface area contributed by atoms with Gasteiger partial charge in [0, 0.05) is 39.5 Å². The highest BCUT2D eigenvalue weighted by atomic mass is 16.5. The largest absolute Gasteiger partial charge is 0.367 e. The molecule has 132 valence electrons. The van der Waals surface area contributed by atoms with Gasteiger partial charge in [-0.15, -0.1) is 0 Å². The summed E-state index contributed by atoms with van der Waals surface area (Å²) in [6, 6.07) is 11.6. The Labute approximate surface area is 148 Å². The van der Waals surface area contributed by atoms with Crippen LogP contribution in [0.1, 0.15) is 23.9 Å². The molecule has 0 radical (unpaired) electrons. The lowest BCUT2D eigenvalue weighted by atomic mass is 10.1.